The standard InChI is InChI=1S/C16H13FN2O2/c17-13-3-1-11(2-4-13)15-9-14(21-19-15)10-16(20)12-5-7-18-8-6-12/h1-9,16,20H,10H2. The Kier molecular flexibility index (Phi) is 3.75. The molecule has 1 aromatic carbocycles. The first-order chi connectivity index (χ1) is 10.2. The summed E-state index contributed by atoms with van der Waals surface area (Å²) in [6.07, 6.45) is 2.89. The number of aliphatic hydroxyl groups is 1. The van der Waals surface area contributed by atoms with E-state index in [0.29, 0.717) is 17.9 Å². The number of halogens is 1. The van der Waals surface area contributed by atoms with Gasteiger partial charge in [0, 0.05) is 30.4 Å². The van der Waals surface area contributed by atoms with E-state index in [2.05, 4.69) is 10.1 Å². The lowest BCUT2D eigenvalue weighted by molar-refractivity contribution is 0.166. The number of hydrogen-bond acceptors (Lipinski definition) is 4. The van der Waals surface area contributed by atoms with Crippen LogP contribution in [0.4, 0.5) is 4.39 Å². The number of aromatic nitrogens is 2. The van der Waals surface area contributed by atoms with Crippen molar-refractivity contribution in [3.05, 3.63) is 72.0 Å². The van der Waals surface area contributed by atoms with Gasteiger partial charge in [-0.1, -0.05) is 5.16 Å². The van der Waals surface area contributed by atoms with Gasteiger partial charge in [0.25, 0.3) is 0 Å². The fraction of sp³-hybridized carbons (Fsp3) is 0.125. The van der Waals surface area contributed by atoms with Crippen molar-refractivity contribution in [1.82, 2.24) is 10.1 Å². The molecule has 3 rings (SSSR count). The van der Waals surface area contributed by atoms with Crippen LogP contribution in [0.1, 0.15) is 17.4 Å². The summed E-state index contributed by atoms with van der Waals surface area (Å²) >= 11 is 0. The van der Waals surface area contributed by atoms with E-state index in [0.717, 1.165) is 11.1 Å². The number of nitrogens with zero attached hydrogens (tertiary/aromatic N) is 2. The highest BCUT2D eigenvalue weighted by Gasteiger charge is 2.13. The summed E-state index contributed by atoms with van der Waals surface area (Å²) in [5.74, 6) is 0.272. The van der Waals surface area contributed by atoms with Gasteiger partial charge < -0.3 is 9.63 Å². The second kappa shape index (κ2) is 5.85. The number of benzene rings is 1. The van der Waals surface area contributed by atoms with Gasteiger partial charge in [-0.15, -0.1) is 0 Å². The molecule has 1 atom stereocenters. The molecule has 106 valence electrons. The monoisotopic (exact) mass is 284 g/mol. The Labute approximate surface area is 120 Å². The van der Waals surface area contributed by atoms with Crippen LogP contribution in [0.2, 0.25) is 0 Å². The highest BCUT2D eigenvalue weighted by molar-refractivity contribution is 5.58. The van der Waals surface area contributed by atoms with E-state index in [4.69, 9.17) is 4.52 Å². The highest BCUT2D eigenvalue weighted by Crippen LogP contribution is 2.23. The lowest BCUT2D eigenvalue weighted by Gasteiger charge is -2.07. The number of pyridine rings is 1. The van der Waals surface area contributed by atoms with E-state index in [1.165, 1.54) is 12.1 Å². The lowest BCUT2D eigenvalue weighted by Crippen LogP contribution is -2.00. The molecule has 3 aromatic rings. The minimum atomic E-state index is -0.679. The predicted molar refractivity (Wildman–Crippen MR) is 74.8 cm³/mol. The quantitative estimate of drug-likeness (QED) is 0.799. The Morgan fingerprint density at radius 2 is 1.81 bits per heavy atom. The Balaban J connectivity index is 1.75. The summed E-state index contributed by atoms with van der Waals surface area (Å²) in [7, 11) is 0. The summed E-state index contributed by atoms with van der Waals surface area (Å²) < 4.78 is 18.1. The molecule has 2 aromatic heterocycles. The van der Waals surface area contributed by atoms with Crippen molar-refractivity contribution in [2.75, 3.05) is 0 Å². The highest BCUT2D eigenvalue weighted by atomic mass is 19.1. The van der Waals surface area contributed by atoms with Crippen LogP contribution < -0.4 is 0 Å². The maximum atomic E-state index is 12.9. The normalized spacial score (nSPS) is 12.3. The van der Waals surface area contributed by atoms with Gasteiger partial charge in [-0.25, -0.2) is 4.39 Å². The van der Waals surface area contributed by atoms with Crippen LogP contribution in [0, 0.1) is 5.82 Å². The SMILES string of the molecule is OC(Cc1cc(-c2ccc(F)cc2)no1)c1ccncc1. The molecule has 1 N–H and O–H groups in total. The van der Waals surface area contributed by atoms with Crippen molar-refractivity contribution < 1.29 is 14.0 Å². The number of rotatable bonds is 4. The predicted octanol–water partition coefficient (Wildman–Crippen LogP) is 3.15. The summed E-state index contributed by atoms with van der Waals surface area (Å²) in [4.78, 5) is 3.91. The smallest absolute Gasteiger partial charge is 0.140 e. The minimum absolute atomic E-state index is 0.296. The van der Waals surface area contributed by atoms with Crippen LogP contribution in [0.3, 0.4) is 0 Å². The second-order valence-corrected chi connectivity index (χ2v) is 4.69. The van der Waals surface area contributed by atoms with E-state index in [1.54, 1.807) is 42.7 Å². The van der Waals surface area contributed by atoms with Crippen LogP contribution in [0.25, 0.3) is 11.3 Å². The summed E-state index contributed by atoms with van der Waals surface area (Å²) in [6.45, 7) is 0. The van der Waals surface area contributed by atoms with Crippen LogP contribution in [0.5, 0.6) is 0 Å². The Bertz CT molecular complexity index is 711. The molecule has 0 saturated carbocycles. The van der Waals surface area contributed by atoms with Gasteiger partial charge in [0.1, 0.15) is 17.3 Å². The van der Waals surface area contributed by atoms with Crippen molar-refractivity contribution in [2.24, 2.45) is 0 Å². The van der Waals surface area contributed by atoms with Gasteiger partial charge in [0.05, 0.1) is 6.10 Å². The molecule has 1 unspecified atom stereocenters. The molecule has 0 fully saturated rings. The van der Waals surface area contributed by atoms with Crippen molar-refractivity contribution >= 4 is 0 Å². The molecule has 5 heteroatoms. The van der Waals surface area contributed by atoms with Gasteiger partial charge in [-0.2, -0.15) is 0 Å². The van der Waals surface area contributed by atoms with E-state index in [-0.39, 0.29) is 5.82 Å². The zero-order chi connectivity index (χ0) is 14.7. The van der Waals surface area contributed by atoms with Gasteiger partial charge in [0.2, 0.25) is 0 Å². The third-order valence-corrected chi connectivity index (χ3v) is 3.18. The zero-order valence-corrected chi connectivity index (χ0v) is 11.1. The van der Waals surface area contributed by atoms with Gasteiger partial charge >= 0.3 is 0 Å². The molecule has 0 aliphatic rings. The van der Waals surface area contributed by atoms with E-state index in [9.17, 15) is 9.50 Å². The molecule has 0 aliphatic carbocycles. The largest absolute Gasteiger partial charge is 0.388 e. The first-order valence-corrected chi connectivity index (χ1v) is 6.52. The van der Waals surface area contributed by atoms with Gasteiger partial charge in [0.15, 0.2) is 0 Å². The number of aliphatic hydroxyl groups excluding tert-OH is 1. The average molecular weight is 284 g/mol. The van der Waals surface area contributed by atoms with Crippen molar-refractivity contribution in [1.29, 1.82) is 0 Å². The summed E-state index contributed by atoms with van der Waals surface area (Å²) in [5.41, 5.74) is 2.15. The first kappa shape index (κ1) is 13.5. The molecule has 21 heavy (non-hydrogen) atoms. The fourth-order valence-corrected chi connectivity index (χ4v) is 2.06. The summed E-state index contributed by atoms with van der Waals surface area (Å²) in [6, 6.07) is 11.3. The fourth-order valence-electron chi connectivity index (χ4n) is 2.06. The van der Waals surface area contributed by atoms with Crippen LogP contribution in [-0.4, -0.2) is 15.2 Å². The molecule has 0 aliphatic heterocycles. The van der Waals surface area contributed by atoms with Crippen molar-refractivity contribution in [3.63, 3.8) is 0 Å². The van der Waals surface area contributed by atoms with Crippen molar-refractivity contribution in [3.8, 4) is 11.3 Å². The molecule has 0 amide bonds. The molecular weight excluding hydrogens is 271 g/mol. The van der Waals surface area contributed by atoms with Crippen molar-refractivity contribution in [2.45, 2.75) is 12.5 Å². The zero-order valence-electron chi connectivity index (χ0n) is 11.1. The Morgan fingerprint density at radius 3 is 2.52 bits per heavy atom. The maximum Gasteiger partial charge on any atom is 0.140 e. The molecule has 4 nitrogen and oxygen atoms in total. The lowest BCUT2D eigenvalue weighted by atomic mass is 10.1. The third kappa shape index (κ3) is 3.14. The first-order valence-electron chi connectivity index (χ1n) is 6.52. The van der Waals surface area contributed by atoms with E-state index in [1.807, 2.05) is 0 Å². The average Bonchev–Trinajstić information content (AvgIpc) is 2.97. The molecule has 2 heterocycles. The number of hydrogen-bond donors (Lipinski definition) is 1. The molecule has 0 radical (unpaired) electrons. The van der Waals surface area contributed by atoms with Gasteiger partial charge in [-0.05, 0) is 42.0 Å². The van der Waals surface area contributed by atoms with Gasteiger partial charge in [-0.3, -0.25) is 4.98 Å². The Morgan fingerprint density at radius 1 is 1.10 bits per heavy atom. The summed E-state index contributed by atoms with van der Waals surface area (Å²) in [5, 5.41) is 14.1. The second-order valence-electron chi connectivity index (χ2n) is 4.69. The Hall–Kier alpha value is -2.53. The van der Waals surface area contributed by atoms with E-state index < -0.39 is 6.10 Å². The molecule has 0 bridgehead atoms. The topological polar surface area (TPSA) is 59.2 Å². The van der Waals surface area contributed by atoms with Crippen LogP contribution >= 0.6 is 0 Å². The van der Waals surface area contributed by atoms with Crippen LogP contribution in [-0.2, 0) is 6.42 Å². The van der Waals surface area contributed by atoms with E-state index >= 15 is 0 Å². The minimum Gasteiger partial charge on any atom is -0.388 e. The molecular formula is C16H13FN2O2. The van der Waals surface area contributed by atoms with Crippen LogP contribution in [0.15, 0.2) is 59.4 Å². The maximum absolute atomic E-state index is 12.9. The molecule has 0 spiro atoms. The molecule has 0 saturated heterocycles. The third-order valence-electron chi connectivity index (χ3n) is 3.18.